The summed E-state index contributed by atoms with van der Waals surface area (Å²) in [6.45, 7) is 2.27. The Morgan fingerprint density at radius 3 is 1.55 bits per heavy atom. The van der Waals surface area contributed by atoms with Crippen molar-refractivity contribution in [3.05, 3.63) is 130 Å². The molecule has 3 nitrogen and oxygen atoms in total. The summed E-state index contributed by atoms with van der Waals surface area (Å²) in [5.41, 5.74) is 7.66. The molecule has 4 aliphatic rings. The zero-order valence-corrected chi connectivity index (χ0v) is 29.4. The Labute approximate surface area is 293 Å². The molecule has 0 saturated carbocycles. The molecule has 254 valence electrons. The summed E-state index contributed by atoms with van der Waals surface area (Å²) >= 11 is 0. The van der Waals surface area contributed by atoms with E-state index in [9.17, 15) is 14.4 Å². The molecular formula is C46H52O3. The van der Waals surface area contributed by atoms with Crippen LogP contribution in [-0.4, -0.2) is 17.3 Å². The number of fused-ring (bicyclic) bond motifs is 4. The summed E-state index contributed by atoms with van der Waals surface area (Å²) in [5.74, 6) is -0.648. The maximum atomic E-state index is 14.0. The molecular weight excluding hydrogens is 601 g/mol. The van der Waals surface area contributed by atoms with Gasteiger partial charge in [-0.15, -0.1) is 0 Å². The average Bonchev–Trinajstić information content (AvgIpc) is 3.14. The Bertz CT molecular complexity index is 1740. The minimum absolute atomic E-state index is 0.0253. The summed E-state index contributed by atoms with van der Waals surface area (Å²) < 4.78 is 0. The number of carbonyl (C=O) groups is 3. The molecule has 0 bridgehead atoms. The highest BCUT2D eigenvalue weighted by Gasteiger charge is 2.40. The fourth-order valence-electron chi connectivity index (χ4n) is 8.10. The van der Waals surface area contributed by atoms with E-state index in [-0.39, 0.29) is 23.3 Å². The molecule has 0 aromatic heterocycles. The molecule has 0 fully saturated rings. The third-order valence-corrected chi connectivity index (χ3v) is 10.8. The van der Waals surface area contributed by atoms with Gasteiger partial charge >= 0.3 is 0 Å². The van der Waals surface area contributed by atoms with Gasteiger partial charge < -0.3 is 0 Å². The smallest absolute Gasteiger partial charge is 0.174 e. The third-order valence-electron chi connectivity index (χ3n) is 10.8. The molecule has 0 spiro atoms. The maximum Gasteiger partial charge on any atom is 0.174 e. The van der Waals surface area contributed by atoms with Crippen molar-refractivity contribution in [3.8, 4) is 0 Å². The Morgan fingerprint density at radius 2 is 1.00 bits per heavy atom. The standard InChI is InChI=1S/C46H52O3/c1-2-3-4-5-6-7-8-9-10-11-12-13-14-15-16-29-42(47)33-30-31-37-41(32-33)46(49)40-28-22-19-25-36(40)44(37)43-34-23-17-20-26-38(34)45(48)39-27-21-18-24-35(39)43/h17-28,30-32,38,41H,2-16,29H2,1H3. The van der Waals surface area contributed by atoms with Crippen LogP contribution in [0, 0.1) is 11.8 Å². The van der Waals surface area contributed by atoms with Crippen molar-refractivity contribution >= 4 is 28.5 Å². The van der Waals surface area contributed by atoms with Crippen LogP contribution in [-0.2, 0) is 4.79 Å². The molecule has 0 amide bonds. The van der Waals surface area contributed by atoms with Crippen LogP contribution in [0.1, 0.15) is 141 Å². The highest BCUT2D eigenvalue weighted by atomic mass is 16.1. The molecule has 2 aromatic carbocycles. The predicted octanol–water partition coefficient (Wildman–Crippen LogP) is 12.0. The largest absolute Gasteiger partial charge is 0.294 e. The second kappa shape index (κ2) is 17.0. The van der Waals surface area contributed by atoms with Gasteiger partial charge in [0, 0.05) is 23.1 Å². The number of benzene rings is 2. The van der Waals surface area contributed by atoms with Crippen LogP contribution in [0.2, 0.25) is 0 Å². The van der Waals surface area contributed by atoms with Crippen LogP contribution < -0.4 is 0 Å². The van der Waals surface area contributed by atoms with E-state index in [2.05, 4.69) is 6.92 Å². The number of carbonyl (C=O) groups excluding carboxylic acids is 3. The van der Waals surface area contributed by atoms with Crippen molar-refractivity contribution in [3.63, 3.8) is 0 Å². The second-order valence-corrected chi connectivity index (χ2v) is 14.3. The Hall–Kier alpha value is -4.11. The van der Waals surface area contributed by atoms with E-state index < -0.39 is 5.92 Å². The van der Waals surface area contributed by atoms with Gasteiger partial charge in [0.2, 0.25) is 0 Å². The van der Waals surface area contributed by atoms with Gasteiger partial charge in [0.15, 0.2) is 17.3 Å². The van der Waals surface area contributed by atoms with Crippen molar-refractivity contribution in [2.75, 3.05) is 0 Å². The van der Waals surface area contributed by atoms with Crippen LogP contribution in [0.4, 0.5) is 0 Å². The number of hydrogen-bond acceptors (Lipinski definition) is 3. The number of hydrogen-bond donors (Lipinski definition) is 0. The summed E-state index contributed by atoms with van der Waals surface area (Å²) in [6, 6.07) is 15.6. The summed E-state index contributed by atoms with van der Waals surface area (Å²) in [4.78, 5) is 41.0. The third kappa shape index (κ3) is 7.88. The SMILES string of the molecule is CCCCCCCCCCCCCCCCCC(=O)C1=CC2C(=O)c3ccccc3C(C3=C4C=CC=CC4C(=O)c4ccccc43)=C2C=C1. The molecule has 4 aliphatic carbocycles. The first kappa shape index (κ1) is 34.7. The lowest BCUT2D eigenvalue weighted by molar-refractivity contribution is -0.115. The molecule has 0 radical (unpaired) electrons. The molecule has 0 saturated heterocycles. The van der Waals surface area contributed by atoms with Crippen LogP contribution in [0.15, 0.2) is 108 Å². The zero-order chi connectivity index (χ0) is 34.0. The maximum absolute atomic E-state index is 14.0. The lowest BCUT2D eigenvalue weighted by Crippen LogP contribution is -2.28. The Kier molecular flexibility index (Phi) is 12.1. The molecule has 0 N–H and O–H groups in total. The van der Waals surface area contributed by atoms with E-state index >= 15 is 0 Å². The minimum Gasteiger partial charge on any atom is -0.294 e. The van der Waals surface area contributed by atoms with Crippen molar-refractivity contribution in [2.24, 2.45) is 11.8 Å². The normalized spacial score (nSPS) is 19.1. The highest BCUT2D eigenvalue weighted by Crippen LogP contribution is 2.50. The monoisotopic (exact) mass is 652 g/mol. The molecule has 3 heteroatoms. The van der Waals surface area contributed by atoms with Gasteiger partial charge in [0.1, 0.15) is 0 Å². The summed E-state index contributed by atoms with van der Waals surface area (Å²) in [7, 11) is 0. The van der Waals surface area contributed by atoms with Crippen LogP contribution in [0.3, 0.4) is 0 Å². The number of allylic oxidation sites excluding steroid dienone is 12. The first-order chi connectivity index (χ1) is 24.1. The summed E-state index contributed by atoms with van der Waals surface area (Å²) in [5, 5.41) is 0. The van der Waals surface area contributed by atoms with Gasteiger partial charge in [-0.25, -0.2) is 0 Å². The number of ketones is 3. The highest BCUT2D eigenvalue weighted by molar-refractivity contribution is 6.24. The van der Waals surface area contributed by atoms with Gasteiger partial charge in [0.05, 0.1) is 11.8 Å². The van der Waals surface area contributed by atoms with E-state index in [0.717, 1.165) is 46.3 Å². The molecule has 6 rings (SSSR count). The van der Waals surface area contributed by atoms with E-state index in [0.29, 0.717) is 23.1 Å². The van der Waals surface area contributed by atoms with E-state index in [1.165, 1.54) is 83.5 Å². The van der Waals surface area contributed by atoms with Crippen LogP contribution >= 0.6 is 0 Å². The molecule has 0 aliphatic heterocycles. The van der Waals surface area contributed by atoms with Gasteiger partial charge in [-0.1, -0.05) is 188 Å². The number of rotatable bonds is 18. The number of unbranched alkanes of at least 4 members (excludes halogenated alkanes) is 14. The van der Waals surface area contributed by atoms with Gasteiger partial charge in [-0.2, -0.15) is 0 Å². The molecule has 2 unspecified atom stereocenters. The average molecular weight is 653 g/mol. The molecule has 49 heavy (non-hydrogen) atoms. The van der Waals surface area contributed by atoms with Crippen LogP contribution in [0.5, 0.6) is 0 Å². The molecule has 0 heterocycles. The minimum atomic E-state index is -0.533. The Balaban J connectivity index is 1.09. The lowest BCUT2D eigenvalue weighted by atomic mass is 9.67. The number of Topliss-reactive ketones (excluding diaryl/α,β-unsaturated/α-hetero) is 3. The fourth-order valence-corrected chi connectivity index (χ4v) is 8.10. The van der Waals surface area contributed by atoms with Gasteiger partial charge in [0.25, 0.3) is 0 Å². The first-order valence-electron chi connectivity index (χ1n) is 19.1. The van der Waals surface area contributed by atoms with Gasteiger partial charge in [-0.05, 0) is 39.8 Å². The van der Waals surface area contributed by atoms with Crippen molar-refractivity contribution in [1.82, 2.24) is 0 Å². The lowest BCUT2D eigenvalue weighted by Gasteiger charge is -2.34. The van der Waals surface area contributed by atoms with Crippen LogP contribution in [0.25, 0.3) is 11.1 Å². The van der Waals surface area contributed by atoms with E-state index in [1.807, 2.05) is 91.1 Å². The first-order valence-corrected chi connectivity index (χ1v) is 19.1. The van der Waals surface area contributed by atoms with E-state index in [1.54, 1.807) is 0 Å². The molecule has 2 atom stereocenters. The van der Waals surface area contributed by atoms with Crippen molar-refractivity contribution in [2.45, 2.75) is 110 Å². The fraction of sp³-hybridized carbons (Fsp3) is 0.413. The predicted molar refractivity (Wildman–Crippen MR) is 202 cm³/mol. The zero-order valence-electron chi connectivity index (χ0n) is 29.4. The molecule has 2 aromatic rings. The second-order valence-electron chi connectivity index (χ2n) is 14.3. The van der Waals surface area contributed by atoms with Crippen molar-refractivity contribution < 1.29 is 14.4 Å². The Morgan fingerprint density at radius 1 is 0.531 bits per heavy atom. The summed E-state index contributed by atoms with van der Waals surface area (Å²) in [6.07, 6.45) is 33.7. The quantitative estimate of drug-likeness (QED) is 0.151. The van der Waals surface area contributed by atoms with Crippen molar-refractivity contribution in [1.29, 1.82) is 0 Å². The van der Waals surface area contributed by atoms with Gasteiger partial charge in [-0.3, -0.25) is 14.4 Å². The topological polar surface area (TPSA) is 51.2 Å². The van der Waals surface area contributed by atoms with E-state index in [4.69, 9.17) is 0 Å².